The maximum Gasteiger partial charge on any atom is 0.317 e. The van der Waals surface area contributed by atoms with Crippen molar-refractivity contribution in [2.24, 2.45) is 5.92 Å². The Morgan fingerprint density at radius 1 is 1.40 bits per heavy atom. The highest BCUT2D eigenvalue weighted by Crippen LogP contribution is 2.53. The number of nitrogens with one attached hydrogen (secondary N) is 3. The first-order valence-electron chi connectivity index (χ1n) is 8.80. The molecule has 0 aromatic heterocycles. The van der Waals surface area contributed by atoms with E-state index in [9.17, 15) is 14.4 Å². The van der Waals surface area contributed by atoms with Crippen LogP contribution in [0.3, 0.4) is 0 Å². The lowest BCUT2D eigenvalue weighted by Gasteiger charge is -2.50. The standard InChI is InChI=1S/C16H26N4O4S/c1-24-13(21)11-8-16(9-11)10-12(2-7-25-16)19-14(22)17-3-5-20-6-4-18-15(20)23/h11-12H,2-10H2,1H3,(H,18,23)(H2,17,19,22). The van der Waals surface area contributed by atoms with Crippen molar-refractivity contribution in [1.82, 2.24) is 20.9 Å². The molecule has 2 heterocycles. The van der Waals surface area contributed by atoms with Gasteiger partial charge in [-0.3, -0.25) is 4.79 Å². The molecule has 9 heteroatoms. The summed E-state index contributed by atoms with van der Waals surface area (Å²) in [5.41, 5.74) is 0. The molecule has 3 fully saturated rings. The zero-order chi connectivity index (χ0) is 17.9. The molecule has 0 radical (unpaired) electrons. The first-order valence-corrected chi connectivity index (χ1v) is 9.79. The molecule has 0 aromatic rings. The largest absolute Gasteiger partial charge is 0.469 e. The van der Waals surface area contributed by atoms with Gasteiger partial charge < -0.3 is 25.6 Å². The number of urea groups is 2. The lowest BCUT2D eigenvalue weighted by atomic mass is 9.70. The van der Waals surface area contributed by atoms with E-state index in [1.807, 2.05) is 11.8 Å². The number of hydrogen-bond donors (Lipinski definition) is 3. The summed E-state index contributed by atoms with van der Waals surface area (Å²) in [4.78, 5) is 36.8. The molecule has 3 rings (SSSR count). The Morgan fingerprint density at radius 2 is 2.20 bits per heavy atom. The summed E-state index contributed by atoms with van der Waals surface area (Å²) < 4.78 is 4.93. The Labute approximate surface area is 151 Å². The molecule has 2 saturated heterocycles. The maximum absolute atomic E-state index is 12.1. The summed E-state index contributed by atoms with van der Waals surface area (Å²) in [5, 5.41) is 8.60. The van der Waals surface area contributed by atoms with E-state index < -0.39 is 0 Å². The van der Waals surface area contributed by atoms with Crippen molar-refractivity contribution in [3.63, 3.8) is 0 Å². The molecule has 140 valence electrons. The monoisotopic (exact) mass is 370 g/mol. The van der Waals surface area contributed by atoms with Crippen LogP contribution < -0.4 is 16.0 Å². The van der Waals surface area contributed by atoms with Crippen LogP contribution in [0.25, 0.3) is 0 Å². The van der Waals surface area contributed by atoms with E-state index in [4.69, 9.17) is 4.74 Å². The second-order valence-corrected chi connectivity index (χ2v) is 8.53. The van der Waals surface area contributed by atoms with Gasteiger partial charge in [0.2, 0.25) is 0 Å². The first kappa shape index (κ1) is 18.2. The fourth-order valence-corrected chi connectivity index (χ4v) is 5.66. The van der Waals surface area contributed by atoms with Crippen LogP contribution in [0.2, 0.25) is 0 Å². The second kappa shape index (κ2) is 7.72. The number of thioether (sulfide) groups is 1. The smallest absolute Gasteiger partial charge is 0.317 e. The van der Waals surface area contributed by atoms with Crippen LogP contribution in [-0.4, -0.2) is 72.8 Å². The zero-order valence-electron chi connectivity index (χ0n) is 14.5. The minimum atomic E-state index is -0.185. The van der Waals surface area contributed by atoms with E-state index in [0.717, 1.165) is 31.4 Å². The van der Waals surface area contributed by atoms with Crippen molar-refractivity contribution in [2.45, 2.75) is 36.5 Å². The van der Waals surface area contributed by atoms with Gasteiger partial charge in [-0.25, -0.2) is 9.59 Å². The molecule has 0 aromatic carbocycles. The van der Waals surface area contributed by atoms with Crippen LogP contribution >= 0.6 is 11.8 Å². The van der Waals surface area contributed by atoms with E-state index in [2.05, 4.69) is 16.0 Å². The summed E-state index contributed by atoms with van der Waals surface area (Å²) >= 11 is 1.92. The quantitative estimate of drug-likeness (QED) is 0.613. The Hall–Kier alpha value is -1.64. The van der Waals surface area contributed by atoms with Crippen LogP contribution in [0.5, 0.6) is 0 Å². The number of ether oxygens (including phenoxy) is 1. The van der Waals surface area contributed by atoms with Gasteiger partial charge >= 0.3 is 18.0 Å². The Kier molecular flexibility index (Phi) is 5.61. The normalized spacial score (nSPS) is 31.2. The summed E-state index contributed by atoms with van der Waals surface area (Å²) in [6, 6.07) is -0.121. The van der Waals surface area contributed by atoms with Crippen molar-refractivity contribution < 1.29 is 19.1 Å². The fourth-order valence-electron chi connectivity index (χ4n) is 3.87. The van der Waals surface area contributed by atoms with Crippen molar-refractivity contribution in [1.29, 1.82) is 0 Å². The molecular formula is C16H26N4O4S. The van der Waals surface area contributed by atoms with Crippen LogP contribution in [0.1, 0.15) is 25.7 Å². The van der Waals surface area contributed by atoms with Gasteiger partial charge in [0.15, 0.2) is 0 Å². The molecule has 3 aliphatic rings. The average Bonchev–Trinajstić information content (AvgIpc) is 2.97. The Bertz CT molecular complexity index is 538. The number of rotatable bonds is 5. The van der Waals surface area contributed by atoms with Gasteiger partial charge in [0, 0.05) is 37.0 Å². The molecule has 1 atom stereocenters. The van der Waals surface area contributed by atoms with E-state index in [1.165, 1.54) is 7.11 Å². The molecule has 2 aliphatic heterocycles. The molecule has 1 aliphatic carbocycles. The first-order chi connectivity index (χ1) is 12.0. The predicted octanol–water partition coefficient (Wildman–Crippen LogP) is 0.528. The minimum absolute atomic E-state index is 0.0108. The van der Waals surface area contributed by atoms with Crippen molar-refractivity contribution in [3.8, 4) is 0 Å². The molecule has 8 nitrogen and oxygen atoms in total. The van der Waals surface area contributed by atoms with Gasteiger partial charge in [0.05, 0.1) is 13.0 Å². The van der Waals surface area contributed by atoms with E-state index >= 15 is 0 Å². The highest BCUT2D eigenvalue weighted by Gasteiger charge is 2.50. The molecule has 3 N–H and O–H groups in total. The van der Waals surface area contributed by atoms with Gasteiger partial charge in [0.25, 0.3) is 0 Å². The predicted molar refractivity (Wildman–Crippen MR) is 94.5 cm³/mol. The van der Waals surface area contributed by atoms with Crippen LogP contribution in [0.4, 0.5) is 9.59 Å². The van der Waals surface area contributed by atoms with E-state index in [0.29, 0.717) is 26.2 Å². The topological polar surface area (TPSA) is 99.8 Å². The number of esters is 1. The van der Waals surface area contributed by atoms with Gasteiger partial charge in [-0.15, -0.1) is 0 Å². The van der Waals surface area contributed by atoms with E-state index in [-0.39, 0.29) is 34.7 Å². The second-order valence-electron chi connectivity index (χ2n) is 6.97. The van der Waals surface area contributed by atoms with Crippen LogP contribution in [-0.2, 0) is 9.53 Å². The fraction of sp³-hybridized carbons (Fsp3) is 0.812. The summed E-state index contributed by atoms with van der Waals surface area (Å²) in [5.74, 6) is 0.883. The minimum Gasteiger partial charge on any atom is -0.469 e. The molecule has 4 amide bonds. The molecule has 1 spiro atoms. The summed E-state index contributed by atoms with van der Waals surface area (Å²) in [7, 11) is 1.43. The Balaban J connectivity index is 1.37. The lowest BCUT2D eigenvalue weighted by Crippen LogP contribution is -2.54. The van der Waals surface area contributed by atoms with Crippen LogP contribution in [0.15, 0.2) is 0 Å². The molecule has 25 heavy (non-hydrogen) atoms. The maximum atomic E-state index is 12.1. The SMILES string of the molecule is COC(=O)C1CC2(CC(NC(=O)NCCN3CCNC3=O)CCS2)C1. The lowest BCUT2D eigenvalue weighted by molar-refractivity contribution is -0.149. The summed E-state index contributed by atoms with van der Waals surface area (Å²) in [6.07, 6.45) is 3.52. The third-order valence-corrected chi connectivity index (χ3v) is 6.76. The van der Waals surface area contributed by atoms with Gasteiger partial charge in [-0.1, -0.05) is 0 Å². The van der Waals surface area contributed by atoms with Gasteiger partial charge in [-0.05, 0) is 31.4 Å². The molecule has 0 bridgehead atoms. The molecular weight excluding hydrogens is 344 g/mol. The third kappa shape index (κ3) is 4.31. The van der Waals surface area contributed by atoms with Crippen molar-refractivity contribution in [2.75, 3.05) is 39.0 Å². The Morgan fingerprint density at radius 3 is 2.88 bits per heavy atom. The van der Waals surface area contributed by atoms with E-state index in [1.54, 1.807) is 4.90 Å². The summed E-state index contributed by atoms with van der Waals surface area (Å²) in [6.45, 7) is 2.31. The average molecular weight is 370 g/mol. The highest BCUT2D eigenvalue weighted by molar-refractivity contribution is 8.00. The third-order valence-electron chi connectivity index (χ3n) is 5.21. The molecule has 1 saturated carbocycles. The molecule has 1 unspecified atom stereocenters. The van der Waals surface area contributed by atoms with Gasteiger partial charge in [0.1, 0.15) is 0 Å². The van der Waals surface area contributed by atoms with Gasteiger partial charge in [-0.2, -0.15) is 11.8 Å². The van der Waals surface area contributed by atoms with Crippen molar-refractivity contribution >= 4 is 29.8 Å². The van der Waals surface area contributed by atoms with Crippen molar-refractivity contribution in [3.05, 3.63) is 0 Å². The van der Waals surface area contributed by atoms with Crippen LogP contribution in [0, 0.1) is 5.92 Å². The number of carbonyl (C=O) groups is 3. The zero-order valence-corrected chi connectivity index (χ0v) is 15.3. The number of methoxy groups -OCH3 is 1. The number of amides is 4. The highest BCUT2D eigenvalue weighted by atomic mass is 32.2. The number of hydrogen-bond acceptors (Lipinski definition) is 5. The number of carbonyl (C=O) groups excluding carboxylic acids is 3. The number of nitrogens with zero attached hydrogens (tertiary/aromatic N) is 1.